The van der Waals surface area contributed by atoms with Crippen molar-refractivity contribution in [1.82, 2.24) is 4.98 Å². The van der Waals surface area contributed by atoms with E-state index in [0.29, 0.717) is 0 Å². The molecule has 0 N–H and O–H groups in total. The molecule has 1 heterocycles. The first-order valence-electron chi connectivity index (χ1n) is 7.54. The van der Waals surface area contributed by atoms with Crippen molar-refractivity contribution in [2.24, 2.45) is 0 Å². The minimum atomic E-state index is -0.0369. The molecule has 2 radical (unpaired) electrons. The van der Waals surface area contributed by atoms with Gasteiger partial charge < -0.3 is 0 Å². The van der Waals surface area contributed by atoms with Gasteiger partial charge in [0, 0.05) is 17.2 Å². The van der Waals surface area contributed by atoms with Crippen molar-refractivity contribution in [3.8, 4) is 22.4 Å². The summed E-state index contributed by atoms with van der Waals surface area (Å²) in [5.41, 5.74) is 8.21. The number of hydrogen-bond donors (Lipinski definition) is 0. The second-order valence-corrected chi connectivity index (χ2v) is 6.41. The summed E-state index contributed by atoms with van der Waals surface area (Å²) in [7, 11) is 6.00. The van der Waals surface area contributed by atoms with Crippen LogP contribution in [-0.2, 0) is 5.41 Å². The topological polar surface area (TPSA) is 12.9 Å². The van der Waals surface area contributed by atoms with E-state index in [1.165, 1.54) is 22.3 Å². The summed E-state index contributed by atoms with van der Waals surface area (Å²) in [6.45, 7) is 4.53. The van der Waals surface area contributed by atoms with Crippen molar-refractivity contribution in [3.05, 3.63) is 71.9 Å². The molecule has 2 aromatic carbocycles. The van der Waals surface area contributed by atoms with Crippen LogP contribution in [0, 0.1) is 0 Å². The molecule has 1 aliphatic rings. The summed E-state index contributed by atoms with van der Waals surface area (Å²) in [4.78, 5) is 4.47. The Bertz CT molecular complexity index is 866. The number of hydrogen-bond acceptors (Lipinski definition) is 1. The van der Waals surface area contributed by atoms with Crippen LogP contribution in [0.2, 0.25) is 0 Å². The molecule has 4 rings (SSSR count). The summed E-state index contributed by atoms with van der Waals surface area (Å²) in [5.74, 6) is 0. The van der Waals surface area contributed by atoms with Gasteiger partial charge in [0.05, 0.1) is 5.69 Å². The van der Waals surface area contributed by atoms with Gasteiger partial charge in [0.1, 0.15) is 7.85 Å². The molecule has 1 aliphatic carbocycles. The van der Waals surface area contributed by atoms with Crippen molar-refractivity contribution in [2.75, 3.05) is 0 Å². The number of aromatic nitrogens is 1. The van der Waals surface area contributed by atoms with Crippen LogP contribution in [0.15, 0.2) is 60.8 Å². The maximum absolute atomic E-state index is 6.00. The van der Waals surface area contributed by atoms with Gasteiger partial charge >= 0.3 is 0 Å². The van der Waals surface area contributed by atoms with Gasteiger partial charge in [-0.15, -0.1) is 0 Å². The number of nitrogens with zero attached hydrogens (tertiary/aromatic N) is 1. The van der Waals surface area contributed by atoms with E-state index in [-0.39, 0.29) is 5.41 Å². The van der Waals surface area contributed by atoms with E-state index >= 15 is 0 Å². The van der Waals surface area contributed by atoms with Crippen LogP contribution in [0.4, 0.5) is 0 Å². The van der Waals surface area contributed by atoms with Crippen LogP contribution < -0.4 is 5.46 Å². The Labute approximate surface area is 132 Å². The van der Waals surface area contributed by atoms with Gasteiger partial charge in [-0.2, -0.15) is 0 Å². The first-order valence-corrected chi connectivity index (χ1v) is 7.54. The molecule has 0 saturated carbocycles. The molecule has 0 atom stereocenters. The summed E-state index contributed by atoms with van der Waals surface area (Å²) >= 11 is 0. The highest BCUT2D eigenvalue weighted by atomic mass is 14.7. The van der Waals surface area contributed by atoms with Crippen LogP contribution >= 0.6 is 0 Å². The van der Waals surface area contributed by atoms with Crippen LogP contribution in [-0.4, -0.2) is 12.8 Å². The molecule has 3 aromatic rings. The lowest BCUT2D eigenvalue weighted by Crippen LogP contribution is -2.17. The Morgan fingerprint density at radius 2 is 1.59 bits per heavy atom. The molecule has 0 unspecified atom stereocenters. The highest BCUT2D eigenvalue weighted by Crippen LogP contribution is 2.48. The quantitative estimate of drug-likeness (QED) is 0.617. The van der Waals surface area contributed by atoms with Crippen LogP contribution in [0.3, 0.4) is 0 Å². The molecule has 0 fully saturated rings. The third-order valence-corrected chi connectivity index (χ3v) is 4.66. The summed E-state index contributed by atoms with van der Waals surface area (Å²) in [5, 5.41) is 0. The third-order valence-electron chi connectivity index (χ3n) is 4.66. The highest BCUT2D eigenvalue weighted by Gasteiger charge is 2.35. The SMILES string of the molecule is [B]c1ccc2c(c1)C(C)(C)c1cc(-c3ccccn3)ccc1-2. The van der Waals surface area contributed by atoms with E-state index in [4.69, 9.17) is 7.85 Å². The summed E-state index contributed by atoms with van der Waals surface area (Å²) in [6, 6.07) is 18.9. The normalized spacial score (nSPS) is 14.5. The minimum Gasteiger partial charge on any atom is -0.256 e. The molecule has 0 saturated heterocycles. The van der Waals surface area contributed by atoms with E-state index in [2.05, 4.69) is 55.2 Å². The monoisotopic (exact) mass is 281 g/mol. The van der Waals surface area contributed by atoms with Gasteiger partial charge in [-0.3, -0.25) is 4.98 Å². The molecule has 1 aromatic heterocycles. The van der Waals surface area contributed by atoms with E-state index in [1.807, 2.05) is 24.4 Å². The number of pyridine rings is 1. The van der Waals surface area contributed by atoms with Gasteiger partial charge in [-0.1, -0.05) is 55.7 Å². The van der Waals surface area contributed by atoms with Crippen LogP contribution in [0.25, 0.3) is 22.4 Å². The molecule has 2 heteroatoms. The molecular formula is C20H16BN. The first kappa shape index (κ1) is 13.3. The molecular weight excluding hydrogens is 265 g/mol. The maximum Gasteiger partial charge on any atom is 0.113 e. The molecule has 1 nitrogen and oxygen atoms in total. The molecule has 0 aliphatic heterocycles. The molecule has 0 amide bonds. The second kappa shape index (κ2) is 4.57. The fourth-order valence-corrected chi connectivity index (χ4v) is 3.45. The zero-order valence-electron chi connectivity index (χ0n) is 12.8. The molecule has 0 bridgehead atoms. The molecule has 104 valence electrons. The Kier molecular flexibility index (Phi) is 2.77. The average molecular weight is 281 g/mol. The van der Waals surface area contributed by atoms with Crippen molar-refractivity contribution in [1.29, 1.82) is 0 Å². The van der Waals surface area contributed by atoms with Crippen molar-refractivity contribution < 1.29 is 0 Å². The molecule has 0 spiro atoms. The van der Waals surface area contributed by atoms with E-state index in [1.54, 1.807) is 0 Å². The smallest absolute Gasteiger partial charge is 0.113 e. The van der Waals surface area contributed by atoms with Crippen molar-refractivity contribution in [3.63, 3.8) is 0 Å². The van der Waals surface area contributed by atoms with Gasteiger partial charge in [-0.25, -0.2) is 0 Å². The van der Waals surface area contributed by atoms with Crippen LogP contribution in [0.1, 0.15) is 25.0 Å². The van der Waals surface area contributed by atoms with Gasteiger partial charge in [0.25, 0.3) is 0 Å². The number of rotatable bonds is 1. The predicted molar refractivity (Wildman–Crippen MR) is 92.6 cm³/mol. The first-order chi connectivity index (χ1) is 10.6. The number of fused-ring (bicyclic) bond motifs is 3. The summed E-state index contributed by atoms with van der Waals surface area (Å²) in [6.07, 6.45) is 1.84. The van der Waals surface area contributed by atoms with E-state index in [0.717, 1.165) is 16.7 Å². The van der Waals surface area contributed by atoms with E-state index in [9.17, 15) is 0 Å². The Morgan fingerprint density at radius 1 is 0.864 bits per heavy atom. The van der Waals surface area contributed by atoms with Gasteiger partial charge in [0.15, 0.2) is 0 Å². The second-order valence-electron chi connectivity index (χ2n) is 6.41. The average Bonchev–Trinajstić information content (AvgIpc) is 2.76. The maximum atomic E-state index is 6.00. The fourth-order valence-electron chi connectivity index (χ4n) is 3.45. The van der Waals surface area contributed by atoms with Crippen LogP contribution in [0.5, 0.6) is 0 Å². The lowest BCUT2D eigenvalue weighted by atomic mass is 9.80. The van der Waals surface area contributed by atoms with Crippen molar-refractivity contribution >= 4 is 13.3 Å². The van der Waals surface area contributed by atoms with Gasteiger partial charge in [0.2, 0.25) is 0 Å². The molecule has 22 heavy (non-hydrogen) atoms. The van der Waals surface area contributed by atoms with E-state index < -0.39 is 0 Å². The number of benzene rings is 2. The largest absolute Gasteiger partial charge is 0.256 e. The van der Waals surface area contributed by atoms with Gasteiger partial charge in [-0.05, 0) is 40.5 Å². The third kappa shape index (κ3) is 1.84. The highest BCUT2D eigenvalue weighted by molar-refractivity contribution is 6.32. The fraction of sp³-hybridized carbons (Fsp3) is 0.150. The standard InChI is InChI=1S/C20H16BN/c1-20(2)17-11-13(19-5-3-4-10-22-19)6-8-15(17)16-9-7-14(21)12-18(16)20/h3-12H,1-2H3. The lowest BCUT2D eigenvalue weighted by molar-refractivity contribution is 0.661. The Morgan fingerprint density at radius 3 is 2.32 bits per heavy atom. The lowest BCUT2D eigenvalue weighted by Gasteiger charge is -2.22. The predicted octanol–water partition coefficient (Wildman–Crippen LogP) is 3.85. The Balaban J connectivity index is 1.93. The Hall–Kier alpha value is -2.35. The minimum absolute atomic E-state index is 0.0369. The zero-order chi connectivity index (χ0) is 15.3. The van der Waals surface area contributed by atoms with Crippen molar-refractivity contribution in [2.45, 2.75) is 19.3 Å². The zero-order valence-corrected chi connectivity index (χ0v) is 12.8. The summed E-state index contributed by atoms with van der Waals surface area (Å²) < 4.78 is 0.